The Bertz CT molecular complexity index is 889. The number of methoxy groups -OCH3 is 2. The van der Waals surface area contributed by atoms with Crippen molar-refractivity contribution in [2.24, 2.45) is 0 Å². The molecule has 1 aliphatic rings. The summed E-state index contributed by atoms with van der Waals surface area (Å²) in [5, 5.41) is 5.70. The molecule has 0 unspecified atom stereocenters. The van der Waals surface area contributed by atoms with Gasteiger partial charge in [-0.15, -0.1) is 0 Å². The van der Waals surface area contributed by atoms with Crippen molar-refractivity contribution in [1.29, 1.82) is 0 Å². The van der Waals surface area contributed by atoms with E-state index < -0.39 is 0 Å². The number of benzene rings is 1. The van der Waals surface area contributed by atoms with Crippen molar-refractivity contribution in [3.8, 4) is 11.5 Å². The molecule has 150 valence electrons. The highest BCUT2D eigenvalue weighted by Gasteiger charge is 2.28. The summed E-state index contributed by atoms with van der Waals surface area (Å²) in [6, 6.07) is 5.14. The molecule has 2 N–H and O–H groups in total. The molecule has 0 saturated carbocycles. The minimum absolute atomic E-state index is 0.00937. The van der Waals surface area contributed by atoms with Crippen molar-refractivity contribution in [3.63, 3.8) is 0 Å². The Hall–Kier alpha value is -3.03. The van der Waals surface area contributed by atoms with Crippen LogP contribution >= 0.6 is 0 Å². The second-order valence-electron chi connectivity index (χ2n) is 6.99. The van der Waals surface area contributed by atoms with Crippen LogP contribution in [-0.4, -0.2) is 41.6 Å². The van der Waals surface area contributed by atoms with E-state index in [0.717, 1.165) is 18.5 Å². The largest absolute Gasteiger partial charge is 0.497 e. The molecule has 8 heteroatoms. The smallest absolute Gasteiger partial charge is 0.287 e. The first kappa shape index (κ1) is 19.7. The Morgan fingerprint density at radius 2 is 1.93 bits per heavy atom. The molecular weight excluding hydrogens is 360 g/mol. The third-order valence-electron chi connectivity index (χ3n) is 4.61. The fourth-order valence-corrected chi connectivity index (χ4v) is 3.31. The zero-order valence-electron chi connectivity index (χ0n) is 16.7. The van der Waals surface area contributed by atoms with Crippen LogP contribution in [0.2, 0.25) is 0 Å². The topological polar surface area (TPSA) is 94.5 Å². The molecule has 1 aromatic heterocycles. The van der Waals surface area contributed by atoms with E-state index in [4.69, 9.17) is 9.47 Å². The summed E-state index contributed by atoms with van der Waals surface area (Å²) in [6.45, 7) is 4.46. The van der Waals surface area contributed by atoms with Gasteiger partial charge in [0.1, 0.15) is 11.5 Å². The predicted octanol–water partition coefficient (Wildman–Crippen LogP) is 2.63. The van der Waals surface area contributed by atoms with Gasteiger partial charge in [-0.2, -0.15) is 0 Å². The lowest BCUT2D eigenvalue weighted by atomic mass is 10.1. The normalized spacial score (nSPS) is 13.0. The highest BCUT2D eigenvalue weighted by Crippen LogP contribution is 2.30. The number of amides is 2. The van der Waals surface area contributed by atoms with Gasteiger partial charge in [-0.1, -0.05) is 0 Å². The van der Waals surface area contributed by atoms with E-state index in [-0.39, 0.29) is 29.4 Å². The Balaban J connectivity index is 1.92. The van der Waals surface area contributed by atoms with Gasteiger partial charge in [0.15, 0.2) is 11.5 Å². The lowest BCUT2D eigenvalue weighted by Gasteiger charge is -2.17. The third-order valence-corrected chi connectivity index (χ3v) is 4.61. The first-order chi connectivity index (χ1) is 13.4. The van der Waals surface area contributed by atoms with Gasteiger partial charge in [0.2, 0.25) is 0 Å². The maximum absolute atomic E-state index is 13.0. The van der Waals surface area contributed by atoms with Crippen LogP contribution in [-0.2, 0) is 13.0 Å². The Morgan fingerprint density at radius 3 is 2.61 bits per heavy atom. The van der Waals surface area contributed by atoms with Crippen molar-refractivity contribution >= 4 is 17.5 Å². The summed E-state index contributed by atoms with van der Waals surface area (Å²) < 4.78 is 12.4. The molecule has 2 heterocycles. The van der Waals surface area contributed by atoms with Gasteiger partial charge in [0.05, 0.1) is 25.6 Å². The number of carbonyl (C=O) groups is 2. The molecule has 0 bridgehead atoms. The molecule has 0 aliphatic carbocycles. The van der Waals surface area contributed by atoms with Gasteiger partial charge < -0.3 is 24.7 Å². The summed E-state index contributed by atoms with van der Waals surface area (Å²) in [7, 11) is 3.09. The van der Waals surface area contributed by atoms with Crippen molar-refractivity contribution in [1.82, 2.24) is 14.9 Å². The number of rotatable bonds is 6. The monoisotopic (exact) mass is 386 g/mol. The summed E-state index contributed by atoms with van der Waals surface area (Å²) >= 11 is 0. The van der Waals surface area contributed by atoms with E-state index in [1.165, 1.54) is 7.11 Å². The van der Waals surface area contributed by atoms with Crippen LogP contribution in [0.25, 0.3) is 0 Å². The summed E-state index contributed by atoms with van der Waals surface area (Å²) in [6.07, 6.45) is 2.63. The molecule has 1 aromatic carbocycles. The number of anilines is 1. The lowest BCUT2D eigenvalue weighted by molar-refractivity contribution is 0.0927. The zero-order chi connectivity index (χ0) is 20.3. The SMILES string of the molecule is COc1ccc(NC(=O)c2nc(C(=O)NC(C)C)n3c2CCCC3)c(OC)c1. The summed E-state index contributed by atoms with van der Waals surface area (Å²) in [5.74, 6) is 0.771. The van der Waals surface area contributed by atoms with Crippen LogP contribution < -0.4 is 20.1 Å². The van der Waals surface area contributed by atoms with E-state index >= 15 is 0 Å². The standard InChI is InChI=1S/C20H26N4O4/c1-12(2)21-20(26)18-23-17(15-7-5-6-10-24(15)18)19(25)22-14-9-8-13(27-3)11-16(14)28-4/h8-9,11-12H,5-7,10H2,1-4H3,(H,21,26)(H,22,25). The maximum Gasteiger partial charge on any atom is 0.287 e. The Morgan fingerprint density at radius 1 is 1.14 bits per heavy atom. The van der Waals surface area contributed by atoms with Crippen molar-refractivity contribution in [3.05, 3.63) is 35.4 Å². The molecule has 3 rings (SSSR count). The Labute approximate surface area is 164 Å². The van der Waals surface area contributed by atoms with Crippen LogP contribution in [0.15, 0.2) is 18.2 Å². The molecule has 28 heavy (non-hydrogen) atoms. The van der Waals surface area contributed by atoms with Gasteiger partial charge >= 0.3 is 0 Å². The van der Waals surface area contributed by atoms with Crippen LogP contribution in [0, 0.1) is 0 Å². The first-order valence-corrected chi connectivity index (χ1v) is 9.38. The second-order valence-corrected chi connectivity index (χ2v) is 6.99. The lowest BCUT2D eigenvalue weighted by Crippen LogP contribution is -2.33. The van der Waals surface area contributed by atoms with Crippen molar-refractivity contribution in [2.45, 2.75) is 45.7 Å². The summed E-state index contributed by atoms with van der Waals surface area (Å²) in [5.41, 5.74) is 1.59. The van der Waals surface area contributed by atoms with Crippen LogP contribution in [0.4, 0.5) is 5.69 Å². The van der Waals surface area contributed by atoms with Gasteiger partial charge in [0, 0.05) is 18.7 Å². The average Bonchev–Trinajstić information content (AvgIpc) is 3.07. The highest BCUT2D eigenvalue weighted by molar-refractivity contribution is 6.05. The van der Waals surface area contributed by atoms with E-state index in [1.807, 2.05) is 18.4 Å². The molecule has 0 radical (unpaired) electrons. The number of ether oxygens (including phenoxy) is 2. The zero-order valence-corrected chi connectivity index (χ0v) is 16.7. The van der Waals surface area contributed by atoms with Crippen LogP contribution in [0.3, 0.4) is 0 Å². The molecule has 1 aliphatic heterocycles. The van der Waals surface area contributed by atoms with Gasteiger partial charge in [0.25, 0.3) is 11.8 Å². The number of nitrogens with zero attached hydrogens (tertiary/aromatic N) is 2. The fourth-order valence-electron chi connectivity index (χ4n) is 3.31. The second kappa shape index (κ2) is 8.33. The molecule has 0 atom stereocenters. The van der Waals surface area contributed by atoms with E-state index in [2.05, 4.69) is 15.6 Å². The van der Waals surface area contributed by atoms with Crippen molar-refractivity contribution < 1.29 is 19.1 Å². The quantitative estimate of drug-likeness (QED) is 0.796. The number of nitrogens with one attached hydrogen (secondary N) is 2. The minimum Gasteiger partial charge on any atom is -0.497 e. The van der Waals surface area contributed by atoms with E-state index in [1.54, 1.807) is 25.3 Å². The summed E-state index contributed by atoms with van der Waals surface area (Å²) in [4.78, 5) is 29.9. The van der Waals surface area contributed by atoms with Gasteiger partial charge in [-0.25, -0.2) is 4.98 Å². The molecule has 0 saturated heterocycles. The molecule has 0 spiro atoms. The number of imidazole rings is 1. The molecule has 8 nitrogen and oxygen atoms in total. The Kier molecular flexibility index (Phi) is 5.87. The average molecular weight is 386 g/mol. The maximum atomic E-state index is 13.0. The minimum atomic E-state index is -0.363. The van der Waals surface area contributed by atoms with Gasteiger partial charge in [-0.05, 0) is 45.2 Å². The molecule has 2 amide bonds. The van der Waals surface area contributed by atoms with Gasteiger partial charge in [-0.3, -0.25) is 9.59 Å². The van der Waals surface area contributed by atoms with Crippen LogP contribution in [0.1, 0.15) is 53.5 Å². The molecule has 0 fully saturated rings. The predicted molar refractivity (Wildman–Crippen MR) is 105 cm³/mol. The number of hydrogen-bond acceptors (Lipinski definition) is 5. The highest BCUT2D eigenvalue weighted by atomic mass is 16.5. The van der Waals surface area contributed by atoms with Crippen LogP contribution in [0.5, 0.6) is 11.5 Å². The molecule has 2 aromatic rings. The third kappa shape index (κ3) is 3.95. The number of fused-ring (bicyclic) bond motifs is 1. The fraction of sp³-hybridized carbons (Fsp3) is 0.450. The van der Waals surface area contributed by atoms with E-state index in [9.17, 15) is 9.59 Å². The number of aromatic nitrogens is 2. The van der Waals surface area contributed by atoms with Crippen molar-refractivity contribution in [2.75, 3.05) is 19.5 Å². The molecular formula is C20H26N4O4. The first-order valence-electron chi connectivity index (χ1n) is 9.38. The number of carbonyl (C=O) groups excluding carboxylic acids is 2. The van der Waals surface area contributed by atoms with E-state index in [0.29, 0.717) is 30.2 Å². The number of hydrogen-bond donors (Lipinski definition) is 2.